The van der Waals surface area contributed by atoms with Crippen molar-refractivity contribution in [1.82, 2.24) is 0 Å². The lowest BCUT2D eigenvalue weighted by molar-refractivity contribution is 0.156. The van der Waals surface area contributed by atoms with Gasteiger partial charge >= 0.3 is 0 Å². The second-order valence-electron chi connectivity index (χ2n) is 4.95. The van der Waals surface area contributed by atoms with Gasteiger partial charge in [0.2, 0.25) is 0 Å². The highest BCUT2D eigenvalue weighted by Gasteiger charge is 2.18. The van der Waals surface area contributed by atoms with E-state index in [0.29, 0.717) is 0 Å². The van der Waals surface area contributed by atoms with Gasteiger partial charge in [0.25, 0.3) is 0 Å². The molecule has 0 spiro atoms. The van der Waals surface area contributed by atoms with Crippen LogP contribution in [0.15, 0.2) is 36.4 Å². The van der Waals surface area contributed by atoms with E-state index >= 15 is 0 Å². The first-order valence-electron chi connectivity index (χ1n) is 6.41. The molecule has 0 aliphatic heterocycles. The van der Waals surface area contributed by atoms with Crippen LogP contribution >= 0.6 is 11.6 Å². The van der Waals surface area contributed by atoms with Crippen molar-refractivity contribution in [3.8, 4) is 11.1 Å². The molecular formula is C16H14ClFO. The summed E-state index contributed by atoms with van der Waals surface area (Å²) in [5.41, 5.74) is 4.10. The third-order valence-corrected chi connectivity index (χ3v) is 3.97. The van der Waals surface area contributed by atoms with Gasteiger partial charge in [0.15, 0.2) is 0 Å². The third kappa shape index (κ3) is 2.38. The molecule has 3 heteroatoms. The molecule has 0 amide bonds. The molecule has 0 fully saturated rings. The number of aliphatic hydroxyl groups excluding tert-OH is 1. The molecule has 0 aromatic heterocycles. The van der Waals surface area contributed by atoms with E-state index in [1.807, 2.05) is 12.1 Å². The van der Waals surface area contributed by atoms with Gasteiger partial charge in [0.1, 0.15) is 5.82 Å². The normalized spacial score (nSPS) is 18.2. The van der Waals surface area contributed by atoms with E-state index in [0.717, 1.165) is 36.0 Å². The summed E-state index contributed by atoms with van der Waals surface area (Å²) in [6, 6.07) is 10.7. The van der Waals surface area contributed by atoms with Gasteiger partial charge in [-0.1, -0.05) is 35.9 Å². The van der Waals surface area contributed by atoms with Crippen molar-refractivity contribution in [3.63, 3.8) is 0 Å². The molecule has 98 valence electrons. The Balaban J connectivity index is 2.04. The van der Waals surface area contributed by atoms with E-state index in [1.165, 1.54) is 11.6 Å². The first kappa shape index (κ1) is 12.6. The highest BCUT2D eigenvalue weighted by atomic mass is 35.5. The standard InChI is InChI=1S/C16H14ClFO/c17-14-9-11(5-7-15(14)18)10-4-6-13-12(8-10)2-1-3-16(13)19/h4-9,16,19H,1-3H2/t16-/m0/s1. The molecule has 0 bridgehead atoms. The number of benzene rings is 2. The van der Waals surface area contributed by atoms with Gasteiger partial charge in [0, 0.05) is 0 Å². The van der Waals surface area contributed by atoms with E-state index in [2.05, 4.69) is 6.07 Å². The molecule has 0 saturated heterocycles. The van der Waals surface area contributed by atoms with E-state index in [9.17, 15) is 9.50 Å². The lowest BCUT2D eigenvalue weighted by Gasteiger charge is -2.22. The van der Waals surface area contributed by atoms with Crippen LogP contribution in [0.25, 0.3) is 11.1 Å². The van der Waals surface area contributed by atoms with Crippen molar-refractivity contribution in [2.45, 2.75) is 25.4 Å². The Morgan fingerprint density at radius 2 is 1.84 bits per heavy atom. The summed E-state index contributed by atoms with van der Waals surface area (Å²) in [5, 5.41) is 10.1. The summed E-state index contributed by atoms with van der Waals surface area (Å²) < 4.78 is 13.2. The van der Waals surface area contributed by atoms with Crippen LogP contribution in [0.5, 0.6) is 0 Å². The summed E-state index contributed by atoms with van der Waals surface area (Å²) in [6.07, 6.45) is 2.46. The van der Waals surface area contributed by atoms with Gasteiger partial charge in [-0.15, -0.1) is 0 Å². The fourth-order valence-electron chi connectivity index (χ4n) is 2.64. The molecule has 2 aromatic rings. The van der Waals surface area contributed by atoms with Crippen molar-refractivity contribution in [2.24, 2.45) is 0 Å². The zero-order valence-electron chi connectivity index (χ0n) is 10.4. The Morgan fingerprint density at radius 1 is 1.11 bits per heavy atom. The summed E-state index contributed by atoms with van der Waals surface area (Å²) in [7, 11) is 0. The monoisotopic (exact) mass is 276 g/mol. The molecule has 1 nitrogen and oxygen atoms in total. The molecular weight excluding hydrogens is 263 g/mol. The maximum Gasteiger partial charge on any atom is 0.141 e. The fourth-order valence-corrected chi connectivity index (χ4v) is 2.82. The summed E-state index contributed by atoms with van der Waals surface area (Å²) >= 11 is 5.82. The van der Waals surface area contributed by atoms with Gasteiger partial charge in [-0.05, 0) is 53.6 Å². The molecule has 2 aromatic carbocycles. The van der Waals surface area contributed by atoms with Crippen molar-refractivity contribution >= 4 is 11.6 Å². The van der Waals surface area contributed by atoms with Crippen molar-refractivity contribution < 1.29 is 9.50 Å². The number of aryl methyl sites for hydroxylation is 1. The molecule has 0 saturated carbocycles. The van der Waals surface area contributed by atoms with Gasteiger partial charge in [0.05, 0.1) is 11.1 Å². The summed E-state index contributed by atoms with van der Waals surface area (Å²) in [4.78, 5) is 0. The third-order valence-electron chi connectivity index (χ3n) is 3.68. The van der Waals surface area contributed by atoms with Crippen LogP contribution < -0.4 is 0 Å². The SMILES string of the molecule is O[C@H]1CCCc2cc(-c3ccc(F)c(Cl)c3)ccc21. The average Bonchev–Trinajstić information content (AvgIpc) is 2.42. The second-order valence-corrected chi connectivity index (χ2v) is 5.36. The largest absolute Gasteiger partial charge is 0.388 e. The first-order valence-corrected chi connectivity index (χ1v) is 6.79. The topological polar surface area (TPSA) is 20.2 Å². The van der Waals surface area contributed by atoms with Crippen LogP contribution in [-0.2, 0) is 6.42 Å². The van der Waals surface area contributed by atoms with Crippen LogP contribution in [0.1, 0.15) is 30.1 Å². The molecule has 0 radical (unpaired) electrons. The number of fused-ring (bicyclic) bond motifs is 1. The minimum atomic E-state index is -0.404. The predicted molar refractivity (Wildman–Crippen MR) is 74.7 cm³/mol. The van der Waals surface area contributed by atoms with E-state index < -0.39 is 5.82 Å². The molecule has 1 aliphatic carbocycles. The number of rotatable bonds is 1. The van der Waals surface area contributed by atoms with Crippen LogP contribution in [0.2, 0.25) is 5.02 Å². The van der Waals surface area contributed by atoms with Crippen LogP contribution in [0.4, 0.5) is 4.39 Å². The predicted octanol–water partition coefficient (Wildman–Crippen LogP) is 4.52. The number of hydrogen-bond acceptors (Lipinski definition) is 1. The molecule has 1 N–H and O–H groups in total. The van der Waals surface area contributed by atoms with Crippen LogP contribution in [0.3, 0.4) is 0 Å². The summed E-state index contributed by atoms with van der Waals surface area (Å²) in [6.45, 7) is 0. The zero-order valence-corrected chi connectivity index (χ0v) is 11.1. The molecule has 19 heavy (non-hydrogen) atoms. The Labute approximate surface area is 116 Å². The number of aliphatic hydroxyl groups is 1. The van der Waals surface area contributed by atoms with E-state index in [4.69, 9.17) is 11.6 Å². The van der Waals surface area contributed by atoms with E-state index in [-0.39, 0.29) is 11.1 Å². The maximum atomic E-state index is 13.2. The first-order chi connectivity index (χ1) is 9.15. The van der Waals surface area contributed by atoms with Gasteiger partial charge < -0.3 is 5.11 Å². The Kier molecular flexibility index (Phi) is 3.29. The van der Waals surface area contributed by atoms with Crippen molar-refractivity contribution in [2.75, 3.05) is 0 Å². The van der Waals surface area contributed by atoms with E-state index in [1.54, 1.807) is 12.1 Å². The number of hydrogen-bond donors (Lipinski definition) is 1. The lowest BCUT2D eigenvalue weighted by Crippen LogP contribution is -2.08. The molecule has 0 unspecified atom stereocenters. The average molecular weight is 277 g/mol. The van der Waals surface area contributed by atoms with Crippen molar-refractivity contribution in [1.29, 1.82) is 0 Å². The van der Waals surface area contributed by atoms with Crippen LogP contribution in [-0.4, -0.2) is 5.11 Å². The lowest BCUT2D eigenvalue weighted by atomic mass is 9.87. The number of halogens is 2. The van der Waals surface area contributed by atoms with Gasteiger partial charge in [-0.25, -0.2) is 4.39 Å². The molecule has 0 heterocycles. The van der Waals surface area contributed by atoms with Gasteiger partial charge in [-0.2, -0.15) is 0 Å². The highest BCUT2D eigenvalue weighted by Crippen LogP contribution is 2.33. The second kappa shape index (κ2) is 4.95. The quantitative estimate of drug-likeness (QED) is 0.812. The molecule has 1 aliphatic rings. The Hall–Kier alpha value is -1.38. The Morgan fingerprint density at radius 3 is 2.63 bits per heavy atom. The van der Waals surface area contributed by atoms with Crippen molar-refractivity contribution in [3.05, 3.63) is 58.4 Å². The Bertz CT molecular complexity index is 624. The maximum absolute atomic E-state index is 13.2. The fraction of sp³-hybridized carbons (Fsp3) is 0.250. The molecule has 1 atom stereocenters. The van der Waals surface area contributed by atoms with Crippen LogP contribution in [0, 0.1) is 5.82 Å². The highest BCUT2D eigenvalue weighted by molar-refractivity contribution is 6.31. The minimum absolute atomic E-state index is 0.134. The van der Waals surface area contributed by atoms with Gasteiger partial charge in [-0.3, -0.25) is 0 Å². The molecule has 3 rings (SSSR count). The zero-order chi connectivity index (χ0) is 13.4. The summed E-state index contributed by atoms with van der Waals surface area (Å²) in [5.74, 6) is -0.404. The smallest absolute Gasteiger partial charge is 0.141 e. The minimum Gasteiger partial charge on any atom is -0.388 e.